The summed E-state index contributed by atoms with van der Waals surface area (Å²) in [7, 11) is -1.78. The number of esters is 1. The van der Waals surface area contributed by atoms with Crippen molar-refractivity contribution >= 4 is 20.0 Å². The number of hydrogen-bond donors (Lipinski definition) is 1. The number of fused-ring (bicyclic) bond motifs is 1. The van der Waals surface area contributed by atoms with Crippen LogP contribution in [0.2, 0.25) is 18.1 Å². The standard InChI is InChI=1S/C15H24N2O3Si/c1-15(2,3)21(4,5)19-10-8-12-14(18)20-13-11(17-12)7-6-9-16-13/h6-7,9,12,17H,8,10H2,1-5H3. The van der Waals surface area contributed by atoms with Crippen LogP contribution >= 0.6 is 0 Å². The molecule has 0 amide bonds. The zero-order chi connectivity index (χ0) is 15.7. The molecule has 1 N–H and O–H groups in total. The van der Waals surface area contributed by atoms with Gasteiger partial charge in [-0.05, 0) is 30.3 Å². The van der Waals surface area contributed by atoms with Gasteiger partial charge in [0, 0.05) is 19.2 Å². The van der Waals surface area contributed by atoms with Crippen LogP contribution in [0.5, 0.6) is 5.88 Å². The first kappa shape index (κ1) is 16.0. The van der Waals surface area contributed by atoms with Crippen LogP contribution < -0.4 is 10.1 Å². The minimum Gasteiger partial charge on any atom is -0.417 e. The third-order valence-electron chi connectivity index (χ3n) is 4.26. The van der Waals surface area contributed by atoms with E-state index in [0.717, 1.165) is 5.69 Å². The molecule has 116 valence electrons. The summed E-state index contributed by atoms with van der Waals surface area (Å²) < 4.78 is 11.3. The highest BCUT2D eigenvalue weighted by molar-refractivity contribution is 6.74. The molecule has 0 saturated carbocycles. The Bertz CT molecular complexity index is 526. The molecule has 6 heteroatoms. The van der Waals surface area contributed by atoms with E-state index in [2.05, 4.69) is 44.2 Å². The molecule has 0 radical (unpaired) electrons. The minimum atomic E-state index is -1.78. The van der Waals surface area contributed by atoms with Gasteiger partial charge in [-0.15, -0.1) is 0 Å². The van der Waals surface area contributed by atoms with Crippen LogP contribution in [0.25, 0.3) is 0 Å². The largest absolute Gasteiger partial charge is 0.417 e. The van der Waals surface area contributed by atoms with Crippen molar-refractivity contribution in [1.29, 1.82) is 0 Å². The predicted molar refractivity (Wildman–Crippen MR) is 85.0 cm³/mol. The average Bonchev–Trinajstić information content (AvgIpc) is 2.38. The fourth-order valence-corrected chi connectivity index (χ4v) is 2.89. The molecule has 2 heterocycles. The summed E-state index contributed by atoms with van der Waals surface area (Å²) >= 11 is 0. The number of pyridine rings is 1. The number of ether oxygens (including phenoxy) is 1. The number of nitrogens with one attached hydrogen (secondary N) is 1. The second-order valence-electron chi connectivity index (χ2n) is 6.87. The predicted octanol–water partition coefficient (Wildman–Crippen LogP) is 3.19. The van der Waals surface area contributed by atoms with Crippen LogP contribution in [0.4, 0.5) is 5.69 Å². The van der Waals surface area contributed by atoms with E-state index in [-0.39, 0.29) is 17.0 Å². The van der Waals surface area contributed by atoms with Gasteiger partial charge in [0.25, 0.3) is 0 Å². The second kappa shape index (κ2) is 5.77. The molecule has 1 aromatic heterocycles. The zero-order valence-corrected chi connectivity index (χ0v) is 14.4. The van der Waals surface area contributed by atoms with Crippen molar-refractivity contribution in [3.05, 3.63) is 18.3 Å². The Balaban J connectivity index is 1.92. The van der Waals surface area contributed by atoms with Crippen LogP contribution in [0.15, 0.2) is 18.3 Å². The highest BCUT2D eigenvalue weighted by Crippen LogP contribution is 2.36. The maximum atomic E-state index is 11.9. The molecule has 0 bridgehead atoms. The summed E-state index contributed by atoms with van der Waals surface area (Å²) in [6.07, 6.45) is 2.20. The Morgan fingerprint density at radius 3 is 2.81 bits per heavy atom. The number of nitrogens with zero attached hydrogens (tertiary/aromatic N) is 1. The number of anilines is 1. The monoisotopic (exact) mass is 308 g/mol. The molecule has 1 unspecified atom stereocenters. The lowest BCUT2D eigenvalue weighted by Crippen LogP contribution is -2.43. The van der Waals surface area contributed by atoms with Crippen molar-refractivity contribution in [2.45, 2.75) is 51.4 Å². The fourth-order valence-electron chi connectivity index (χ4n) is 1.83. The molecule has 2 rings (SSSR count). The molecule has 1 aliphatic rings. The van der Waals surface area contributed by atoms with Crippen molar-refractivity contribution < 1.29 is 14.0 Å². The second-order valence-corrected chi connectivity index (χ2v) is 11.7. The number of hydrogen-bond acceptors (Lipinski definition) is 5. The van der Waals surface area contributed by atoms with Gasteiger partial charge >= 0.3 is 5.97 Å². The zero-order valence-electron chi connectivity index (χ0n) is 13.4. The maximum Gasteiger partial charge on any atom is 0.335 e. The summed E-state index contributed by atoms with van der Waals surface area (Å²) in [6.45, 7) is 11.6. The van der Waals surface area contributed by atoms with Crippen molar-refractivity contribution in [2.75, 3.05) is 11.9 Å². The molecular formula is C15H24N2O3Si. The van der Waals surface area contributed by atoms with E-state index in [9.17, 15) is 4.79 Å². The quantitative estimate of drug-likeness (QED) is 0.684. The maximum absolute atomic E-state index is 11.9. The van der Waals surface area contributed by atoms with Crippen LogP contribution in [-0.4, -0.2) is 31.9 Å². The molecule has 1 aliphatic heterocycles. The van der Waals surface area contributed by atoms with E-state index in [1.165, 1.54) is 0 Å². The minimum absolute atomic E-state index is 0.171. The van der Waals surface area contributed by atoms with Gasteiger partial charge in [-0.25, -0.2) is 9.78 Å². The first-order valence-electron chi connectivity index (χ1n) is 7.28. The molecule has 0 spiro atoms. The third kappa shape index (κ3) is 3.62. The van der Waals surface area contributed by atoms with Crippen LogP contribution in [0.1, 0.15) is 27.2 Å². The van der Waals surface area contributed by atoms with Gasteiger partial charge in [0.05, 0.1) is 5.69 Å². The van der Waals surface area contributed by atoms with Crippen molar-refractivity contribution in [3.63, 3.8) is 0 Å². The SMILES string of the molecule is CC(C)(C)[Si](C)(C)OCCC1Nc2cccnc2OC1=O. The van der Waals surface area contributed by atoms with Crippen molar-refractivity contribution in [1.82, 2.24) is 4.98 Å². The smallest absolute Gasteiger partial charge is 0.335 e. The van der Waals surface area contributed by atoms with Gasteiger partial charge in [0.15, 0.2) is 8.32 Å². The molecule has 1 aromatic rings. The van der Waals surface area contributed by atoms with Crippen LogP contribution in [-0.2, 0) is 9.22 Å². The fraction of sp³-hybridized carbons (Fsp3) is 0.600. The molecular weight excluding hydrogens is 284 g/mol. The average molecular weight is 308 g/mol. The Kier molecular flexibility index (Phi) is 4.39. The van der Waals surface area contributed by atoms with E-state index >= 15 is 0 Å². The molecule has 21 heavy (non-hydrogen) atoms. The van der Waals surface area contributed by atoms with E-state index in [4.69, 9.17) is 9.16 Å². The molecule has 0 aliphatic carbocycles. The Morgan fingerprint density at radius 2 is 2.14 bits per heavy atom. The Morgan fingerprint density at radius 1 is 1.43 bits per heavy atom. The number of carbonyl (C=O) groups is 1. The Hall–Kier alpha value is -1.40. The highest BCUT2D eigenvalue weighted by atomic mass is 28.4. The van der Waals surface area contributed by atoms with Gasteiger partial charge in [-0.2, -0.15) is 0 Å². The highest BCUT2D eigenvalue weighted by Gasteiger charge is 2.37. The first-order chi connectivity index (χ1) is 9.71. The van der Waals surface area contributed by atoms with Gasteiger partial charge in [-0.1, -0.05) is 20.8 Å². The molecule has 5 nitrogen and oxygen atoms in total. The summed E-state index contributed by atoms with van der Waals surface area (Å²) in [5.74, 6) is 0.0593. The Labute approximate surface area is 127 Å². The number of aromatic nitrogens is 1. The van der Waals surface area contributed by atoms with Crippen LogP contribution in [0, 0.1) is 0 Å². The van der Waals surface area contributed by atoms with Gasteiger partial charge in [-0.3, -0.25) is 0 Å². The van der Waals surface area contributed by atoms with Gasteiger partial charge < -0.3 is 14.5 Å². The normalized spacial score (nSPS) is 18.7. The first-order valence-corrected chi connectivity index (χ1v) is 10.2. The molecule has 0 fully saturated rings. The van der Waals surface area contributed by atoms with Crippen LogP contribution in [0.3, 0.4) is 0 Å². The van der Waals surface area contributed by atoms with E-state index in [1.807, 2.05) is 12.1 Å². The van der Waals surface area contributed by atoms with E-state index in [1.54, 1.807) is 6.20 Å². The number of carbonyl (C=O) groups excluding carboxylic acids is 1. The van der Waals surface area contributed by atoms with Crippen molar-refractivity contribution in [3.8, 4) is 5.88 Å². The lowest BCUT2D eigenvalue weighted by molar-refractivity contribution is -0.136. The van der Waals surface area contributed by atoms with Gasteiger partial charge in [0.1, 0.15) is 6.04 Å². The number of rotatable bonds is 4. The summed E-state index contributed by atoms with van der Waals surface area (Å²) in [4.78, 5) is 16.0. The summed E-state index contributed by atoms with van der Waals surface area (Å²) in [6, 6.07) is 3.30. The van der Waals surface area contributed by atoms with E-state index in [0.29, 0.717) is 18.9 Å². The summed E-state index contributed by atoms with van der Waals surface area (Å²) in [5.41, 5.74) is 0.759. The van der Waals surface area contributed by atoms with E-state index < -0.39 is 8.32 Å². The molecule has 1 atom stereocenters. The third-order valence-corrected chi connectivity index (χ3v) is 8.80. The molecule has 0 saturated heterocycles. The van der Waals surface area contributed by atoms with Crippen molar-refractivity contribution in [2.24, 2.45) is 0 Å². The lowest BCUT2D eigenvalue weighted by atomic mass is 10.2. The van der Waals surface area contributed by atoms with Gasteiger partial charge in [0.2, 0.25) is 5.88 Å². The topological polar surface area (TPSA) is 60.4 Å². The lowest BCUT2D eigenvalue weighted by Gasteiger charge is -2.36. The summed E-state index contributed by atoms with van der Waals surface area (Å²) in [5, 5.41) is 3.34. The molecule has 0 aromatic carbocycles.